The molecule has 7 aromatic rings. The molecule has 0 saturated heterocycles. The molecule has 222 valence electrons. The van der Waals surface area contributed by atoms with Crippen molar-refractivity contribution in [2.24, 2.45) is 0 Å². The minimum Gasteiger partial charge on any atom is -0.325 e. The molecule has 2 N–H and O–H groups in total. The smallest absolute Gasteiger partial charge is 0.164 e. The summed E-state index contributed by atoms with van der Waals surface area (Å²) in [5, 5.41) is 8.81. The van der Waals surface area contributed by atoms with Crippen molar-refractivity contribution in [3.63, 3.8) is 0 Å². The third-order valence-electron chi connectivity index (χ3n) is 9.32. The summed E-state index contributed by atoms with van der Waals surface area (Å²) < 4.78 is 0. The fraction of sp³-hybridized carbons (Fsp3) is 0. The van der Waals surface area contributed by atoms with Gasteiger partial charge in [-0.25, -0.2) is 29.9 Å². The molecule has 2 aliphatic carbocycles. The Morgan fingerprint density at radius 3 is 1.85 bits per heavy atom. The molecule has 0 spiro atoms. The van der Waals surface area contributed by atoms with E-state index in [1.165, 1.54) is 21.9 Å². The van der Waals surface area contributed by atoms with E-state index in [-0.39, 0.29) is 0 Å². The molecule has 0 fully saturated rings. The zero-order valence-corrected chi connectivity index (χ0v) is 25.2. The summed E-state index contributed by atoms with van der Waals surface area (Å²) in [6, 6.07) is 38.2. The van der Waals surface area contributed by atoms with E-state index < -0.39 is 0 Å². The SMILES string of the molecule is C1=Cc2nc1nc1ccc(nc3nc(nc4[nH]c(n2)c2cc5cc6ccccc6cc5cc42)-c2cc4c5cccccc-5cc4cc2-3)[nH]1. The number of nitrogens with one attached hydrogen (secondary N) is 2. The molecule has 8 nitrogen and oxygen atoms in total. The molecule has 0 radical (unpaired) electrons. The van der Waals surface area contributed by atoms with Gasteiger partial charge in [0.05, 0.1) is 0 Å². The average molecular weight is 615 g/mol. The van der Waals surface area contributed by atoms with Crippen LogP contribution >= 0.6 is 0 Å². The second kappa shape index (κ2) is 9.37. The topological polar surface area (TPSA) is 109 Å². The summed E-state index contributed by atoms with van der Waals surface area (Å²) in [5.74, 6) is 2.30. The van der Waals surface area contributed by atoms with Gasteiger partial charge in [-0.2, -0.15) is 0 Å². The van der Waals surface area contributed by atoms with E-state index in [9.17, 15) is 0 Å². The van der Waals surface area contributed by atoms with Crippen LogP contribution < -0.4 is 0 Å². The van der Waals surface area contributed by atoms with E-state index in [2.05, 4.69) is 112 Å². The summed E-state index contributed by atoms with van der Waals surface area (Å²) in [7, 11) is 0. The molecule has 8 bridgehead atoms. The molecule has 48 heavy (non-hydrogen) atoms. The number of hydrogen-bond donors (Lipinski definition) is 2. The van der Waals surface area contributed by atoms with Gasteiger partial charge in [-0.3, -0.25) is 0 Å². The number of aromatic amines is 2. The highest BCUT2D eigenvalue weighted by Crippen LogP contribution is 2.42. The van der Waals surface area contributed by atoms with E-state index in [1.54, 1.807) is 0 Å². The average Bonchev–Trinajstić information content (AvgIpc) is 3.90. The van der Waals surface area contributed by atoms with Crippen LogP contribution in [0.5, 0.6) is 0 Å². The van der Waals surface area contributed by atoms with E-state index in [0.717, 1.165) is 43.4 Å². The summed E-state index contributed by atoms with van der Waals surface area (Å²) in [4.78, 5) is 36.4. The number of rotatable bonds is 0. The molecular weight excluding hydrogens is 592 g/mol. The summed E-state index contributed by atoms with van der Waals surface area (Å²) in [6.45, 7) is 0. The number of aromatic nitrogens is 8. The fourth-order valence-corrected chi connectivity index (χ4v) is 7.06. The maximum Gasteiger partial charge on any atom is 0.164 e. The number of fused-ring (bicyclic) bond motifs is 19. The van der Waals surface area contributed by atoms with Crippen LogP contribution in [0.25, 0.3) is 112 Å². The Kier molecular flexibility index (Phi) is 4.96. The zero-order valence-electron chi connectivity index (χ0n) is 25.2. The Hall–Kier alpha value is -6.80. The highest BCUT2D eigenvalue weighted by Gasteiger charge is 2.23. The highest BCUT2D eigenvalue weighted by atomic mass is 15.0. The van der Waals surface area contributed by atoms with Gasteiger partial charge in [0.2, 0.25) is 0 Å². The first-order valence-electron chi connectivity index (χ1n) is 15.8. The van der Waals surface area contributed by atoms with Crippen LogP contribution in [0.3, 0.4) is 0 Å². The minimum atomic E-state index is 0.559. The van der Waals surface area contributed by atoms with Crippen LogP contribution in [-0.4, -0.2) is 39.9 Å². The van der Waals surface area contributed by atoms with Gasteiger partial charge in [0, 0.05) is 21.9 Å². The molecule has 4 aliphatic rings. The number of nitrogens with zero attached hydrogens (tertiary/aromatic N) is 6. The Morgan fingerprint density at radius 2 is 1.04 bits per heavy atom. The first-order valence-corrected chi connectivity index (χ1v) is 15.8. The Morgan fingerprint density at radius 1 is 0.375 bits per heavy atom. The Bertz CT molecular complexity index is 3020. The van der Waals surface area contributed by atoms with Crippen LogP contribution in [0, 0.1) is 0 Å². The summed E-state index contributed by atoms with van der Waals surface area (Å²) in [6.07, 6.45) is 3.73. The molecule has 2 aliphatic heterocycles. The third kappa shape index (κ3) is 3.83. The first kappa shape index (κ1) is 25.4. The van der Waals surface area contributed by atoms with E-state index in [0.29, 0.717) is 45.9 Å². The molecule has 3 aromatic heterocycles. The van der Waals surface area contributed by atoms with Crippen molar-refractivity contribution in [2.45, 2.75) is 0 Å². The van der Waals surface area contributed by atoms with Crippen molar-refractivity contribution >= 4 is 77.8 Å². The van der Waals surface area contributed by atoms with Crippen molar-refractivity contribution in [1.82, 2.24) is 39.9 Å². The number of benzene rings is 4. The molecule has 4 aromatic carbocycles. The van der Waals surface area contributed by atoms with Gasteiger partial charge in [0.15, 0.2) is 23.3 Å². The highest BCUT2D eigenvalue weighted by molar-refractivity contribution is 6.13. The monoisotopic (exact) mass is 614 g/mol. The zero-order chi connectivity index (χ0) is 31.3. The largest absolute Gasteiger partial charge is 0.325 e. The van der Waals surface area contributed by atoms with Crippen LogP contribution in [0.2, 0.25) is 0 Å². The first-order chi connectivity index (χ1) is 23.7. The molecule has 0 unspecified atom stereocenters. The fourth-order valence-electron chi connectivity index (χ4n) is 7.06. The van der Waals surface area contributed by atoms with E-state index >= 15 is 0 Å². The maximum atomic E-state index is 5.24. The van der Waals surface area contributed by atoms with Gasteiger partial charge in [0.1, 0.15) is 22.6 Å². The van der Waals surface area contributed by atoms with Crippen molar-refractivity contribution in [3.8, 4) is 33.9 Å². The third-order valence-corrected chi connectivity index (χ3v) is 9.32. The molecular formula is C40H22N8. The van der Waals surface area contributed by atoms with Crippen molar-refractivity contribution in [1.29, 1.82) is 0 Å². The minimum absolute atomic E-state index is 0.559. The molecule has 8 heteroatoms. The predicted octanol–water partition coefficient (Wildman–Crippen LogP) is 9.12. The van der Waals surface area contributed by atoms with Crippen LogP contribution in [0.15, 0.2) is 109 Å². The second-order valence-electron chi connectivity index (χ2n) is 12.3. The second-order valence-corrected chi connectivity index (χ2v) is 12.3. The lowest BCUT2D eigenvalue weighted by molar-refractivity contribution is 1.13. The van der Waals surface area contributed by atoms with Crippen LogP contribution in [0.4, 0.5) is 0 Å². The van der Waals surface area contributed by atoms with Crippen LogP contribution in [0.1, 0.15) is 11.6 Å². The lowest BCUT2D eigenvalue weighted by Gasteiger charge is -2.03. The normalized spacial score (nSPS) is 12.5. The Labute approximate surface area is 271 Å². The van der Waals surface area contributed by atoms with Crippen molar-refractivity contribution < 1.29 is 0 Å². The number of hydrogen-bond acceptors (Lipinski definition) is 6. The van der Waals surface area contributed by atoms with Gasteiger partial charge >= 0.3 is 0 Å². The molecule has 11 rings (SSSR count). The van der Waals surface area contributed by atoms with E-state index in [1.807, 2.05) is 24.3 Å². The maximum absolute atomic E-state index is 5.24. The van der Waals surface area contributed by atoms with Gasteiger partial charge in [-0.15, -0.1) is 0 Å². The molecule has 0 saturated carbocycles. The Balaban J connectivity index is 1.28. The molecule has 0 amide bonds. The van der Waals surface area contributed by atoms with E-state index in [4.69, 9.17) is 24.9 Å². The quantitative estimate of drug-likeness (QED) is 0.165. The molecule has 5 heterocycles. The number of H-pyrrole nitrogens is 2. The van der Waals surface area contributed by atoms with Crippen molar-refractivity contribution in [2.75, 3.05) is 0 Å². The molecule has 0 atom stereocenters. The van der Waals surface area contributed by atoms with Crippen molar-refractivity contribution in [3.05, 3.63) is 121 Å². The lowest BCUT2D eigenvalue weighted by atomic mass is 10.0. The predicted molar refractivity (Wildman–Crippen MR) is 192 cm³/mol. The van der Waals surface area contributed by atoms with Gasteiger partial charge in [-0.1, -0.05) is 54.6 Å². The lowest BCUT2D eigenvalue weighted by Crippen LogP contribution is -1.84. The summed E-state index contributed by atoms with van der Waals surface area (Å²) in [5.41, 5.74) is 6.87. The summed E-state index contributed by atoms with van der Waals surface area (Å²) >= 11 is 0. The standard InChI is InChI=1S/C40H22N8/c1-2-8-23-16-26-19-31-32(20-28(26)27(23)9-3-1)40-47-38(31)45-36-13-11-34(43-36)41-33-10-12-35(42-33)44-37-29-17-24-14-21-6-4-5-7-22(21)15-25(24)18-30(29)39(46-37)48-40/h1-20H,(H2,41,42,43,44,45,46,47,48). The van der Waals surface area contributed by atoms with Gasteiger partial charge in [-0.05, 0) is 110 Å². The van der Waals surface area contributed by atoms with Crippen LogP contribution in [-0.2, 0) is 0 Å². The van der Waals surface area contributed by atoms with Gasteiger partial charge in [0.25, 0.3) is 0 Å². The van der Waals surface area contributed by atoms with Gasteiger partial charge < -0.3 is 9.97 Å².